The molecule has 0 bridgehead atoms. The SMILES string of the molecule is CCC1OCCC1CNS(=O)(=O)c1cc(N)cc(F)c1F. The average Bonchev–Trinajstić information content (AvgIpc) is 2.88. The lowest BCUT2D eigenvalue weighted by Gasteiger charge is -2.17. The minimum Gasteiger partial charge on any atom is -0.399 e. The number of nitrogen functional groups attached to an aromatic ring is 1. The lowest BCUT2D eigenvalue weighted by molar-refractivity contribution is 0.0884. The van der Waals surface area contributed by atoms with Crippen LogP contribution in [0.25, 0.3) is 0 Å². The van der Waals surface area contributed by atoms with Crippen LogP contribution in [0.5, 0.6) is 0 Å². The summed E-state index contributed by atoms with van der Waals surface area (Å²) in [6.45, 7) is 2.65. The van der Waals surface area contributed by atoms with E-state index < -0.39 is 26.6 Å². The van der Waals surface area contributed by atoms with Gasteiger partial charge in [0.1, 0.15) is 4.90 Å². The third kappa shape index (κ3) is 3.50. The first-order chi connectivity index (χ1) is 9.85. The van der Waals surface area contributed by atoms with Gasteiger partial charge >= 0.3 is 0 Å². The molecule has 0 aromatic heterocycles. The molecule has 1 fully saturated rings. The van der Waals surface area contributed by atoms with Crippen LogP contribution < -0.4 is 10.5 Å². The third-order valence-corrected chi connectivity index (χ3v) is 5.01. The molecule has 21 heavy (non-hydrogen) atoms. The van der Waals surface area contributed by atoms with Gasteiger partial charge in [0.15, 0.2) is 11.6 Å². The maximum Gasteiger partial charge on any atom is 0.243 e. The first kappa shape index (κ1) is 16.1. The predicted molar refractivity (Wildman–Crippen MR) is 74.1 cm³/mol. The van der Waals surface area contributed by atoms with Gasteiger partial charge in [-0.1, -0.05) is 6.92 Å². The Hall–Kier alpha value is -1.25. The van der Waals surface area contributed by atoms with Gasteiger partial charge in [0, 0.05) is 24.8 Å². The van der Waals surface area contributed by atoms with Gasteiger partial charge < -0.3 is 10.5 Å². The Morgan fingerprint density at radius 3 is 2.81 bits per heavy atom. The maximum absolute atomic E-state index is 13.6. The minimum absolute atomic E-state index is 0.0184. The van der Waals surface area contributed by atoms with Crippen LogP contribution in [-0.4, -0.2) is 27.7 Å². The van der Waals surface area contributed by atoms with Crippen molar-refractivity contribution in [2.45, 2.75) is 30.8 Å². The fourth-order valence-electron chi connectivity index (χ4n) is 2.45. The van der Waals surface area contributed by atoms with E-state index in [0.29, 0.717) is 6.61 Å². The van der Waals surface area contributed by atoms with Crippen LogP contribution in [0.3, 0.4) is 0 Å². The summed E-state index contributed by atoms with van der Waals surface area (Å²) in [5.74, 6) is -2.68. The highest BCUT2D eigenvalue weighted by Crippen LogP contribution is 2.24. The van der Waals surface area contributed by atoms with Crippen molar-refractivity contribution >= 4 is 15.7 Å². The molecule has 1 saturated heterocycles. The van der Waals surface area contributed by atoms with Gasteiger partial charge in [0.05, 0.1) is 6.10 Å². The smallest absolute Gasteiger partial charge is 0.243 e. The lowest BCUT2D eigenvalue weighted by Crippen LogP contribution is -2.33. The first-order valence-corrected chi connectivity index (χ1v) is 8.19. The summed E-state index contributed by atoms with van der Waals surface area (Å²) in [4.78, 5) is -0.771. The maximum atomic E-state index is 13.6. The quantitative estimate of drug-likeness (QED) is 0.808. The summed E-state index contributed by atoms with van der Waals surface area (Å²) < 4.78 is 58.9. The van der Waals surface area contributed by atoms with Crippen molar-refractivity contribution in [3.8, 4) is 0 Å². The standard InChI is InChI=1S/C13H18F2N2O3S/c1-2-11-8(3-4-20-11)7-17-21(18,19)12-6-9(16)5-10(14)13(12)15/h5-6,8,11,17H,2-4,7,16H2,1H3. The van der Waals surface area contributed by atoms with Crippen molar-refractivity contribution in [1.82, 2.24) is 4.72 Å². The number of nitrogens with two attached hydrogens (primary N) is 1. The molecule has 3 N–H and O–H groups in total. The second-order valence-electron chi connectivity index (χ2n) is 5.03. The van der Waals surface area contributed by atoms with Gasteiger partial charge in [-0.15, -0.1) is 0 Å². The van der Waals surface area contributed by atoms with E-state index in [9.17, 15) is 17.2 Å². The Morgan fingerprint density at radius 2 is 2.14 bits per heavy atom. The van der Waals surface area contributed by atoms with Gasteiger partial charge in [0.2, 0.25) is 10.0 Å². The molecule has 1 heterocycles. The lowest BCUT2D eigenvalue weighted by atomic mass is 10.0. The monoisotopic (exact) mass is 320 g/mol. The highest BCUT2D eigenvalue weighted by molar-refractivity contribution is 7.89. The van der Waals surface area contributed by atoms with Crippen LogP contribution in [0.4, 0.5) is 14.5 Å². The molecular formula is C13H18F2N2O3S. The highest BCUT2D eigenvalue weighted by atomic mass is 32.2. The number of hydrogen-bond donors (Lipinski definition) is 2. The van der Waals surface area contributed by atoms with Crippen molar-refractivity contribution in [1.29, 1.82) is 0 Å². The molecule has 1 aliphatic heterocycles. The van der Waals surface area contributed by atoms with Crippen LogP contribution in [0, 0.1) is 17.6 Å². The van der Waals surface area contributed by atoms with E-state index in [1.54, 1.807) is 0 Å². The van der Waals surface area contributed by atoms with Crippen molar-refractivity contribution in [2.75, 3.05) is 18.9 Å². The molecule has 1 aromatic rings. The van der Waals surface area contributed by atoms with Gasteiger partial charge in [0.25, 0.3) is 0 Å². The summed E-state index contributed by atoms with van der Waals surface area (Å²) in [6, 6.07) is 1.65. The van der Waals surface area contributed by atoms with Gasteiger partial charge in [-0.05, 0) is 25.0 Å². The molecule has 1 aliphatic rings. The zero-order chi connectivity index (χ0) is 15.6. The molecule has 0 saturated carbocycles. The Morgan fingerprint density at radius 1 is 1.43 bits per heavy atom. The number of halogens is 2. The highest BCUT2D eigenvalue weighted by Gasteiger charge is 2.29. The predicted octanol–water partition coefficient (Wildman–Crippen LogP) is 1.64. The van der Waals surface area contributed by atoms with Gasteiger partial charge in [-0.3, -0.25) is 0 Å². The fourth-order valence-corrected chi connectivity index (χ4v) is 3.66. The number of anilines is 1. The van der Waals surface area contributed by atoms with Crippen LogP contribution in [0.1, 0.15) is 19.8 Å². The van der Waals surface area contributed by atoms with E-state index in [1.165, 1.54) is 0 Å². The van der Waals surface area contributed by atoms with E-state index in [1.807, 2.05) is 6.92 Å². The summed E-state index contributed by atoms with van der Waals surface area (Å²) in [6.07, 6.45) is 1.48. The summed E-state index contributed by atoms with van der Waals surface area (Å²) in [5, 5.41) is 0. The molecule has 2 rings (SSSR count). The number of hydrogen-bond acceptors (Lipinski definition) is 4. The van der Waals surface area contributed by atoms with E-state index in [-0.39, 0.29) is 24.3 Å². The Labute approximate surface area is 122 Å². The minimum atomic E-state index is -4.16. The Bertz CT molecular complexity index is 622. The Kier molecular flexibility index (Phi) is 4.80. The Balaban J connectivity index is 2.16. The number of rotatable bonds is 5. The van der Waals surface area contributed by atoms with Crippen LogP contribution in [-0.2, 0) is 14.8 Å². The van der Waals surface area contributed by atoms with Crippen LogP contribution >= 0.6 is 0 Å². The van der Waals surface area contributed by atoms with Crippen molar-refractivity contribution in [3.63, 3.8) is 0 Å². The van der Waals surface area contributed by atoms with E-state index >= 15 is 0 Å². The molecule has 0 amide bonds. The number of ether oxygens (including phenoxy) is 1. The van der Waals surface area contributed by atoms with Crippen LogP contribution in [0.15, 0.2) is 17.0 Å². The summed E-state index contributed by atoms with van der Waals surface area (Å²) in [5.41, 5.74) is 5.22. The molecule has 118 valence electrons. The second kappa shape index (κ2) is 6.25. The molecule has 2 unspecified atom stereocenters. The zero-order valence-electron chi connectivity index (χ0n) is 11.6. The largest absolute Gasteiger partial charge is 0.399 e. The molecular weight excluding hydrogens is 302 g/mol. The molecule has 0 radical (unpaired) electrons. The van der Waals surface area contributed by atoms with Crippen molar-refractivity contribution < 1.29 is 21.9 Å². The van der Waals surface area contributed by atoms with Gasteiger partial charge in [-0.2, -0.15) is 0 Å². The average molecular weight is 320 g/mol. The zero-order valence-corrected chi connectivity index (χ0v) is 12.4. The first-order valence-electron chi connectivity index (χ1n) is 6.71. The normalized spacial score (nSPS) is 22.6. The van der Waals surface area contributed by atoms with E-state index in [4.69, 9.17) is 10.5 Å². The number of sulfonamides is 1. The summed E-state index contributed by atoms with van der Waals surface area (Å²) >= 11 is 0. The van der Waals surface area contributed by atoms with Gasteiger partial charge in [-0.25, -0.2) is 21.9 Å². The molecule has 0 aliphatic carbocycles. The summed E-state index contributed by atoms with van der Waals surface area (Å²) in [7, 11) is -4.16. The van der Waals surface area contributed by atoms with Crippen molar-refractivity contribution in [2.24, 2.45) is 5.92 Å². The molecule has 1 aromatic carbocycles. The fraction of sp³-hybridized carbons (Fsp3) is 0.538. The van der Waals surface area contributed by atoms with E-state index in [2.05, 4.69) is 4.72 Å². The molecule has 0 spiro atoms. The molecule has 2 atom stereocenters. The number of nitrogens with one attached hydrogen (secondary N) is 1. The van der Waals surface area contributed by atoms with E-state index in [0.717, 1.165) is 25.0 Å². The topological polar surface area (TPSA) is 81.4 Å². The third-order valence-electron chi connectivity index (χ3n) is 3.59. The number of benzene rings is 1. The second-order valence-corrected chi connectivity index (χ2v) is 6.77. The van der Waals surface area contributed by atoms with Crippen molar-refractivity contribution in [3.05, 3.63) is 23.8 Å². The van der Waals surface area contributed by atoms with Crippen LogP contribution in [0.2, 0.25) is 0 Å². The molecule has 5 nitrogen and oxygen atoms in total. The molecule has 8 heteroatoms.